The number of hydrogen-bond acceptors (Lipinski definition) is 5. The van der Waals surface area contributed by atoms with Gasteiger partial charge in [0, 0.05) is 28.9 Å². The number of amides is 1. The van der Waals surface area contributed by atoms with Crippen molar-refractivity contribution in [2.75, 3.05) is 11.9 Å². The van der Waals surface area contributed by atoms with Gasteiger partial charge in [0.2, 0.25) is 0 Å². The van der Waals surface area contributed by atoms with E-state index in [-0.39, 0.29) is 18.1 Å². The van der Waals surface area contributed by atoms with E-state index >= 15 is 0 Å². The first-order valence-corrected chi connectivity index (χ1v) is 8.81. The number of nitro benzene ring substituents is 1. The predicted molar refractivity (Wildman–Crippen MR) is 108 cm³/mol. The highest BCUT2D eigenvalue weighted by Crippen LogP contribution is 2.21. The standard InChI is InChI=1S/C22H18N2O5/c1-15-13-18(24(27)28)9-12-20(15)23-21(25)14-29-19-10-7-17(8-11-19)22(26)16-5-3-2-4-6-16/h2-13H,14H2,1H3,(H,23,25). The normalized spacial score (nSPS) is 10.2. The van der Waals surface area contributed by atoms with Gasteiger partial charge in [0.15, 0.2) is 12.4 Å². The average Bonchev–Trinajstić information content (AvgIpc) is 2.74. The molecule has 0 heterocycles. The molecule has 0 saturated carbocycles. The Morgan fingerprint density at radius 1 is 0.966 bits per heavy atom. The van der Waals surface area contributed by atoms with Gasteiger partial charge in [0.05, 0.1) is 4.92 Å². The molecule has 0 saturated heterocycles. The predicted octanol–water partition coefficient (Wildman–Crippen LogP) is 4.15. The molecule has 3 rings (SSSR count). The quantitative estimate of drug-likeness (QED) is 0.371. The lowest BCUT2D eigenvalue weighted by atomic mass is 10.0. The molecular weight excluding hydrogens is 372 g/mol. The van der Waals surface area contributed by atoms with Gasteiger partial charge < -0.3 is 10.1 Å². The molecule has 7 heteroatoms. The van der Waals surface area contributed by atoms with E-state index < -0.39 is 10.8 Å². The lowest BCUT2D eigenvalue weighted by Gasteiger charge is -2.10. The summed E-state index contributed by atoms with van der Waals surface area (Å²) in [4.78, 5) is 34.7. The first kappa shape index (κ1) is 19.8. The summed E-state index contributed by atoms with van der Waals surface area (Å²) in [6.07, 6.45) is 0. The van der Waals surface area contributed by atoms with Gasteiger partial charge in [0.1, 0.15) is 5.75 Å². The molecule has 0 aliphatic heterocycles. The molecule has 0 radical (unpaired) electrons. The van der Waals surface area contributed by atoms with Crippen LogP contribution in [0.5, 0.6) is 5.75 Å². The maximum absolute atomic E-state index is 12.4. The van der Waals surface area contributed by atoms with Gasteiger partial charge in [-0.25, -0.2) is 0 Å². The summed E-state index contributed by atoms with van der Waals surface area (Å²) in [5, 5.41) is 13.4. The Morgan fingerprint density at radius 2 is 1.62 bits per heavy atom. The lowest BCUT2D eigenvalue weighted by Crippen LogP contribution is -2.20. The van der Waals surface area contributed by atoms with Crippen molar-refractivity contribution >= 4 is 23.1 Å². The van der Waals surface area contributed by atoms with E-state index in [1.54, 1.807) is 55.5 Å². The second-order valence-corrected chi connectivity index (χ2v) is 6.31. The molecule has 0 spiro atoms. The van der Waals surface area contributed by atoms with E-state index in [9.17, 15) is 19.7 Å². The number of nitro groups is 1. The van der Waals surface area contributed by atoms with Gasteiger partial charge >= 0.3 is 0 Å². The second kappa shape index (κ2) is 8.79. The number of carbonyl (C=O) groups excluding carboxylic acids is 2. The molecule has 0 unspecified atom stereocenters. The number of rotatable bonds is 7. The van der Waals surface area contributed by atoms with Crippen LogP contribution in [0.3, 0.4) is 0 Å². The van der Waals surface area contributed by atoms with Crippen molar-refractivity contribution in [3.05, 3.63) is 99.6 Å². The molecule has 3 aromatic rings. The first-order chi connectivity index (χ1) is 13.9. The SMILES string of the molecule is Cc1cc([N+](=O)[O-])ccc1NC(=O)COc1ccc(C(=O)c2ccccc2)cc1. The average molecular weight is 390 g/mol. The van der Waals surface area contributed by atoms with Crippen molar-refractivity contribution in [1.29, 1.82) is 0 Å². The highest BCUT2D eigenvalue weighted by molar-refractivity contribution is 6.09. The fourth-order valence-corrected chi connectivity index (χ4v) is 2.70. The molecule has 3 aromatic carbocycles. The summed E-state index contributed by atoms with van der Waals surface area (Å²) in [7, 11) is 0. The lowest BCUT2D eigenvalue weighted by molar-refractivity contribution is -0.384. The van der Waals surface area contributed by atoms with Crippen LogP contribution in [0.25, 0.3) is 0 Å². The monoisotopic (exact) mass is 390 g/mol. The number of hydrogen-bond donors (Lipinski definition) is 1. The summed E-state index contributed by atoms with van der Waals surface area (Å²) >= 11 is 0. The number of ether oxygens (including phenoxy) is 1. The third-order valence-corrected chi connectivity index (χ3v) is 4.22. The van der Waals surface area contributed by atoms with Crippen LogP contribution in [-0.2, 0) is 4.79 Å². The van der Waals surface area contributed by atoms with Crippen molar-refractivity contribution in [3.63, 3.8) is 0 Å². The van der Waals surface area contributed by atoms with E-state index in [2.05, 4.69) is 5.32 Å². The fourth-order valence-electron chi connectivity index (χ4n) is 2.70. The maximum Gasteiger partial charge on any atom is 0.269 e. The number of non-ortho nitro benzene ring substituents is 1. The molecule has 1 N–H and O–H groups in total. The molecule has 0 fully saturated rings. The van der Waals surface area contributed by atoms with Gasteiger partial charge in [-0.1, -0.05) is 30.3 Å². The smallest absolute Gasteiger partial charge is 0.269 e. The van der Waals surface area contributed by atoms with Crippen LogP contribution in [0.1, 0.15) is 21.5 Å². The van der Waals surface area contributed by atoms with Crippen molar-refractivity contribution in [1.82, 2.24) is 0 Å². The Balaban J connectivity index is 1.57. The first-order valence-electron chi connectivity index (χ1n) is 8.81. The van der Waals surface area contributed by atoms with Crippen molar-refractivity contribution in [2.45, 2.75) is 6.92 Å². The van der Waals surface area contributed by atoms with E-state index in [0.717, 1.165) is 0 Å². The number of carbonyl (C=O) groups is 2. The Morgan fingerprint density at radius 3 is 2.24 bits per heavy atom. The zero-order valence-electron chi connectivity index (χ0n) is 15.6. The minimum atomic E-state index is -0.492. The van der Waals surface area contributed by atoms with Crippen LogP contribution in [0, 0.1) is 17.0 Å². The minimum absolute atomic E-state index is 0.0399. The van der Waals surface area contributed by atoms with E-state index in [1.807, 2.05) is 6.07 Å². The molecule has 0 aromatic heterocycles. The molecule has 7 nitrogen and oxygen atoms in total. The molecule has 1 amide bonds. The largest absolute Gasteiger partial charge is 0.484 e. The maximum atomic E-state index is 12.4. The number of benzene rings is 3. The van der Waals surface area contributed by atoms with Gasteiger partial charge in [-0.3, -0.25) is 19.7 Å². The van der Waals surface area contributed by atoms with Crippen LogP contribution >= 0.6 is 0 Å². The molecule has 0 bridgehead atoms. The molecular formula is C22H18N2O5. The molecule has 146 valence electrons. The van der Waals surface area contributed by atoms with E-state index in [4.69, 9.17) is 4.74 Å². The Hall–Kier alpha value is -4.00. The topological polar surface area (TPSA) is 98.5 Å². The summed E-state index contributed by atoms with van der Waals surface area (Å²) < 4.78 is 5.45. The van der Waals surface area contributed by atoms with E-state index in [1.165, 1.54) is 18.2 Å². The summed E-state index contributed by atoms with van der Waals surface area (Å²) in [6.45, 7) is 1.44. The van der Waals surface area contributed by atoms with Gasteiger partial charge in [-0.15, -0.1) is 0 Å². The van der Waals surface area contributed by atoms with Crippen LogP contribution in [-0.4, -0.2) is 23.2 Å². The number of aryl methyl sites for hydroxylation is 1. The summed E-state index contributed by atoms with van der Waals surface area (Å²) in [6, 6.07) is 19.7. The molecule has 0 aliphatic rings. The minimum Gasteiger partial charge on any atom is -0.484 e. The van der Waals surface area contributed by atoms with Gasteiger partial charge in [-0.2, -0.15) is 0 Å². The molecule has 0 aliphatic carbocycles. The molecule has 29 heavy (non-hydrogen) atoms. The zero-order valence-corrected chi connectivity index (χ0v) is 15.6. The second-order valence-electron chi connectivity index (χ2n) is 6.31. The van der Waals surface area contributed by atoms with E-state index in [0.29, 0.717) is 28.1 Å². The van der Waals surface area contributed by atoms with Gasteiger partial charge in [0.25, 0.3) is 11.6 Å². The number of ketones is 1. The highest BCUT2D eigenvalue weighted by atomic mass is 16.6. The van der Waals surface area contributed by atoms with Gasteiger partial charge in [-0.05, 0) is 42.8 Å². The summed E-state index contributed by atoms with van der Waals surface area (Å²) in [5.74, 6) is -0.0416. The zero-order chi connectivity index (χ0) is 20.8. The van der Waals surface area contributed by atoms with Crippen LogP contribution in [0.4, 0.5) is 11.4 Å². The highest BCUT2D eigenvalue weighted by Gasteiger charge is 2.12. The van der Waals surface area contributed by atoms with Crippen LogP contribution < -0.4 is 10.1 Å². The number of anilines is 1. The van der Waals surface area contributed by atoms with Crippen LogP contribution in [0.2, 0.25) is 0 Å². The Kier molecular flexibility index (Phi) is 5.99. The van der Waals surface area contributed by atoms with Crippen molar-refractivity contribution in [3.8, 4) is 5.75 Å². The fraction of sp³-hybridized carbons (Fsp3) is 0.0909. The number of nitrogens with zero attached hydrogens (tertiary/aromatic N) is 1. The van der Waals surface area contributed by atoms with Crippen molar-refractivity contribution in [2.24, 2.45) is 0 Å². The third kappa shape index (κ3) is 5.04. The third-order valence-electron chi connectivity index (χ3n) is 4.22. The summed E-state index contributed by atoms with van der Waals surface area (Å²) in [5.41, 5.74) is 2.14. The van der Waals surface area contributed by atoms with Crippen LogP contribution in [0.15, 0.2) is 72.8 Å². The van der Waals surface area contributed by atoms with Crippen molar-refractivity contribution < 1.29 is 19.2 Å². The Bertz CT molecular complexity index is 1050. The Labute approximate surface area is 167 Å². The number of nitrogens with one attached hydrogen (secondary N) is 1. The molecule has 0 atom stereocenters.